The number of alkyl halides is 3. The normalized spacial score (nSPS) is 37.1. The monoisotopic (exact) mass is 281 g/mol. The standard InChI is InChI=1S/C12H18F3NOS/c1-17-7-9-3-4-10(18-9)8-2-5-11(16-6-8)12(13,14)15/h6,8-11H,2-5,7H2,1H3. The second-order valence-electron chi connectivity index (χ2n) is 4.93. The van der Waals surface area contributed by atoms with Crippen LogP contribution < -0.4 is 0 Å². The molecule has 0 aromatic heterocycles. The van der Waals surface area contributed by atoms with Crippen LogP contribution in [0, 0.1) is 5.92 Å². The Labute approximate surface area is 109 Å². The Morgan fingerprint density at radius 3 is 2.61 bits per heavy atom. The molecule has 0 aromatic carbocycles. The summed E-state index contributed by atoms with van der Waals surface area (Å²) in [5.74, 6) is 0.204. The van der Waals surface area contributed by atoms with Gasteiger partial charge in [0.25, 0.3) is 0 Å². The molecule has 0 spiro atoms. The van der Waals surface area contributed by atoms with Crippen molar-refractivity contribution < 1.29 is 17.9 Å². The summed E-state index contributed by atoms with van der Waals surface area (Å²) in [6.07, 6.45) is 0.265. The van der Waals surface area contributed by atoms with Crippen LogP contribution in [0.2, 0.25) is 0 Å². The number of hydrogen-bond donors (Lipinski definition) is 0. The highest BCUT2D eigenvalue weighted by Gasteiger charge is 2.42. The minimum absolute atomic E-state index is 0.136. The van der Waals surface area contributed by atoms with Gasteiger partial charge in [0.15, 0.2) is 0 Å². The lowest BCUT2D eigenvalue weighted by molar-refractivity contribution is -0.149. The molecule has 0 aromatic rings. The molecule has 4 atom stereocenters. The molecule has 0 saturated carbocycles. The fourth-order valence-electron chi connectivity index (χ4n) is 2.60. The van der Waals surface area contributed by atoms with Gasteiger partial charge in [-0.1, -0.05) is 0 Å². The first-order chi connectivity index (χ1) is 8.50. The van der Waals surface area contributed by atoms with Crippen molar-refractivity contribution in [1.82, 2.24) is 0 Å². The van der Waals surface area contributed by atoms with Gasteiger partial charge in [-0.3, -0.25) is 4.99 Å². The molecule has 2 nitrogen and oxygen atoms in total. The lowest BCUT2D eigenvalue weighted by atomic mass is 9.92. The average molecular weight is 281 g/mol. The molecule has 104 valence electrons. The zero-order valence-electron chi connectivity index (χ0n) is 10.3. The smallest absolute Gasteiger partial charge is 0.384 e. The van der Waals surface area contributed by atoms with E-state index in [1.54, 1.807) is 13.3 Å². The van der Waals surface area contributed by atoms with Crippen molar-refractivity contribution in [3.63, 3.8) is 0 Å². The lowest BCUT2D eigenvalue weighted by Gasteiger charge is -2.27. The molecule has 1 fully saturated rings. The van der Waals surface area contributed by atoms with E-state index in [4.69, 9.17) is 4.74 Å². The number of ether oxygens (including phenoxy) is 1. The summed E-state index contributed by atoms with van der Waals surface area (Å²) in [4.78, 5) is 3.70. The van der Waals surface area contributed by atoms with E-state index in [0.717, 1.165) is 19.4 Å². The first-order valence-electron chi connectivity index (χ1n) is 6.25. The van der Waals surface area contributed by atoms with Crippen LogP contribution in [0.3, 0.4) is 0 Å². The van der Waals surface area contributed by atoms with Crippen LogP contribution in [0.25, 0.3) is 0 Å². The molecule has 2 aliphatic rings. The van der Waals surface area contributed by atoms with Gasteiger partial charge in [0.1, 0.15) is 6.04 Å². The maximum atomic E-state index is 12.5. The molecular weight excluding hydrogens is 263 g/mol. The van der Waals surface area contributed by atoms with Crippen molar-refractivity contribution >= 4 is 18.0 Å². The molecule has 0 bridgehead atoms. The molecule has 0 radical (unpaired) electrons. The Morgan fingerprint density at radius 2 is 2.06 bits per heavy atom. The summed E-state index contributed by atoms with van der Waals surface area (Å²) in [5.41, 5.74) is 0. The first kappa shape index (κ1) is 14.2. The van der Waals surface area contributed by atoms with Gasteiger partial charge in [-0.2, -0.15) is 24.9 Å². The van der Waals surface area contributed by atoms with E-state index < -0.39 is 12.2 Å². The number of rotatable bonds is 3. The average Bonchev–Trinajstić information content (AvgIpc) is 2.77. The fraction of sp³-hybridized carbons (Fsp3) is 0.917. The third-order valence-electron chi connectivity index (χ3n) is 3.58. The van der Waals surface area contributed by atoms with Crippen LogP contribution >= 0.6 is 11.8 Å². The summed E-state index contributed by atoms with van der Waals surface area (Å²) in [6.45, 7) is 0.732. The van der Waals surface area contributed by atoms with Crippen LogP contribution in [0.4, 0.5) is 13.2 Å². The summed E-state index contributed by atoms with van der Waals surface area (Å²) >= 11 is 1.85. The van der Waals surface area contributed by atoms with E-state index in [1.807, 2.05) is 11.8 Å². The maximum absolute atomic E-state index is 12.5. The number of aliphatic imine (C=N–C) groups is 1. The molecule has 4 unspecified atom stereocenters. The zero-order chi connectivity index (χ0) is 13.2. The first-order valence-corrected chi connectivity index (χ1v) is 7.19. The van der Waals surface area contributed by atoms with Crippen LogP contribution in [-0.4, -0.2) is 42.6 Å². The second kappa shape index (κ2) is 5.82. The summed E-state index contributed by atoms with van der Waals surface area (Å²) in [7, 11) is 1.68. The highest BCUT2D eigenvalue weighted by molar-refractivity contribution is 8.00. The fourth-order valence-corrected chi connectivity index (χ4v) is 4.26. The molecular formula is C12H18F3NOS. The second-order valence-corrected chi connectivity index (χ2v) is 6.47. The number of nitrogens with zero attached hydrogens (tertiary/aromatic N) is 1. The molecule has 18 heavy (non-hydrogen) atoms. The minimum atomic E-state index is -4.18. The van der Waals surface area contributed by atoms with Crippen molar-refractivity contribution in [2.24, 2.45) is 10.9 Å². The van der Waals surface area contributed by atoms with E-state index in [2.05, 4.69) is 4.99 Å². The van der Waals surface area contributed by atoms with Crippen molar-refractivity contribution in [3.05, 3.63) is 0 Å². The van der Waals surface area contributed by atoms with Crippen molar-refractivity contribution in [2.45, 2.75) is 48.4 Å². The number of thioether (sulfide) groups is 1. The molecule has 1 saturated heterocycles. The van der Waals surface area contributed by atoms with E-state index in [9.17, 15) is 13.2 Å². The molecule has 2 rings (SSSR count). The predicted molar refractivity (Wildman–Crippen MR) is 67.3 cm³/mol. The Morgan fingerprint density at radius 1 is 1.28 bits per heavy atom. The van der Waals surface area contributed by atoms with Crippen LogP contribution in [0.1, 0.15) is 25.7 Å². The van der Waals surface area contributed by atoms with Crippen LogP contribution in [0.15, 0.2) is 4.99 Å². The van der Waals surface area contributed by atoms with Gasteiger partial charge in [0, 0.05) is 29.7 Å². The Hall–Kier alpha value is -0.230. The number of methoxy groups -OCH3 is 1. The highest BCUT2D eigenvalue weighted by atomic mass is 32.2. The largest absolute Gasteiger partial charge is 0.410 e. The molecule has 0 amide bonds. The number of hydrogen-bond acceptors (Lipinski definition) is 3. The van der Waals surface area contributed by atoms with E-state index in [-0.39, 0.29) is 12.3 Å². The van der Waals surface area contributed by atoms with Gasteiger partial charge >= 0.3 is 6.18 Å². The Balaban J connectivity index is 1.86. The lowest BCUT2D eigenvalue weighted by Crippen LogP contribution is -2.33. The van der Waals surface area contributed by atoms with Gasteiger partial charge < -0.3 is 4.74 Å². The maximum Gasteiger partial charge on any atom is 0.410 e. The van der Waals surface area contributed by atoms with E-state index in [0.29, 0.717) is 16.9 Å². The minimum Gasteiger partial charge on any atom is -0.384 e. The summed E-state index contributed by atoms with van der Waals surface area (Å²) in [6, 6.07) is -1.48. The van der Waals surface area contributed by atoms with Crippen LogP contribution in [-0.2, 0) is 4.74 Å². The van der Waals surface area contributed by atoms with Crippen LogP contribution in [0.5, 0.6) is 0 Å². The highest BCUT2D eigenvalue weighted by Crippen LogP contribution is 2.41. The topological polar surface area (TPSA) is 21.6 Å². The molecule has 2 heterocycles. The van der Waals surface area contributed by atoms with Crippen molar-refractivity contribution in [1.29, 1.82) is 0 Å². The van der Waals surface area contributed by atoms with Gasteiger partial charge in [0.05, 0.1) is 6.61 Å². The van der Waals surface area contributed by atoms with Crippen molar-refractivity contribution in [3.8, 4) is 0 Å². The van der Waals surface area contributed by atoms with Gasteiger partial charge in [-0.15, -0.1) is 0 Å². The van der Waals surface area contributed by atoms with E-state index >= 15 is 0 Å². The predicted octanol–water partition coefficient (Wildman–Crippen LogP) is 3.31. The number of halogens is 3. The van der Waals surface area contributed by atoms with Crippen molar-refractivity contribution in [2.75, 3.05) is 13.7 Å². The third-order valence-corrected chi connectivity index (χ3v) is 5.27. The summed E-state index contributed by atoms with van der Waals surface area (Å²) in [5, 5.41) is 0.914. The van der Waals surface area contributed by atoms with Gasteiger partial charge in [-0.05, 0) is 25.7 Å². The SMILES string of the molecule is COCC1CCC(C2C=NC(C(F)(F)F)CC2)S1. The Bertz CT molecular complexity index is 308. The van der Waals surface area contributed by atoms with E-state index in [1.165, 1.54) is 0 Å². The molecule has 0 N–H and O–H groups in total. The molecule has 6 heteroatoms. The Kier molecular flexibility index (Phi) is 4.59. The summed E-state index contributed by atoms with van der Waals surface area (Å²) < 4.78 is 42.5. The molecule has 0 aliphatic carbocycles. The van der Waals surface area contributed by atoms with Gasteiger partial charge in [-0.25, -0.2) is 0 Å². The van der Waals surface area contributed by atoms with Gasteiger partial charge in [0.2, 0.25) is 0 Å². The third kappa shape index (κ3) is 3.41. The quantitative estimate of drug-likeness (QED) is 0.791. The zero-order valence-corrected chi connectivity index (χ0v) is 11.1. The molecule has 2 aliphatic heterocycles.